The molecule has 3 N–H and O–H groups in total. The molecular weight excluding hydrogens is 260 g/mol. The molecule has 0 aliphatic rings. The van der Waals surface area contributed by atoms with Gasteiger partial charge in [0, 0.05) is 12.5 Å². The third-order valence-corrected chi connectivity index (χ3v) is 3.14. The highest BCUT2D eigenvalue weighted by Gasteiger charge is 2.15. The molecule has 2 unspecified atom stereocenters. The quantitative estimate of drug-likeness (QED) is 0.667. The molecule has 0 aliphatic heterocycles. The first-order valence-electron chi connectivity index (χ1n) is 6.89. The number of amides is 1. The minimum Gasteiger partial charge on any atom is -0.481 e. The first-order chi connectivity index (χ1) is 9.43. The number of H-pyrrole nitrogens is 1. The Morgan fingerprint density at radius 3 is 2.60 bits per heavy atom. The molecule has 20 heavy (non-hydrogen) atoms. The predicted octanol–water partition coefficient (Wildman–Crippen LogP) is 1.38. The fourth-order valence-corrected chi connectivity index (χ4v) is 1.77. The van der Waals surface area contributed by atoms with Crippen molar-refractivity contribution in [1.29, 1.82) is 0 Å². The fraction of sp³-hybridized carbons (Fsp3) is 0.692. The first-order valence-corrected chi connectivity index (χ1v) is 6.89. The van der Waals surface area contributed by atoms with E-state index in [1.165, 1.54) is 0 Å². The summed E-state index contributed by atoms with van der Waals surface area (Å²) in [4.78, 5) is 26.6. The maximum atomic E-state index is 11.8. The van der Waals surface area contributed by atoms with Gasteiger partial charge in [-0.05, 0) is 19.8 Å². The second-order valence-corrected chi connectivity index (χ2v) is 5.00. The molecule has 0 aliphatic carbocycles. The van der Waals surface area contributed by atoms with Crippen molar-refractivity contribution < 1.29 is 14.7 Å². The Kier molecular flexibility index (Phi) is 6.14. The van der Waals surface area contributed by atoms with Gasteiger partial charge in [0.2, 0.25) is 5.82 Å². The summed E-state index contributed by atoms with van der Waals surface area (Å²) in [6.07, 6.45) is 2.79. The van der Waals surface area contributed by atoms with Crippen molar-refractivity contribution in [3.05, 3.63) is 11.6 Å². The van der Waals surface area contributed by atoms with E-state index in [9.17, 15) is 9.59 Å². The lowest BCUT2D eigenvalue weighted by Gasteiger charge is -2.13. The summed E-state index contributed by atoms with van der Waals surface area (Å²) in [7, 11) is 0. The van der Waals surface area contributed by atoms with Gasteiger partial charge in [-0.25, -0.2) is 4.98 Å². The molecule has 7 nitrogen and oxygen atoms in total. The van der Waals surface area contributed by atoms with Crippen LogP contribution in [0.4, 0.5) is 0 Å². The minimum absolute atomic E-state index is 0.0351. The molecule has 1 rings (SSSR count). The van der Waals surface area contributed by atoms with Crippen LogP contribution in [0.1, 0.15) is 56.5 Å². The van der Waals surface area contributed by atoms with Crippen LogP contribution in [0, 0.1) is 5.92 Å². The van der Waals surface area contributed by atoms with Crippen LogP contribution in [0.25, 0.3) is 0 Å². The highest BCUT2D eigenvalue weighted by Crippen LogP contribution is 2.09. The number of nitrogens with zero attached hydrogens (tertiary/aromatic N) is 2. The average Bonchev–Trinajstić information content (AvgIpc) is 2.87. The largest absolute Gasteiger partial charge is 0.481 e. The van der Waals surface area contributed by atoms with Crippen molar-refractivity contribution in [3.8, 4) is 0 Å². The number of carboxylic acids is 1. The van der Waals surface area contributed by atoms with Gasteiger partial charge >= 0.3 is 5.97 Å². The summed E-state index contributed by atoms with van der Waals surface area (Å²) < 4.78 is 0. The topological polar surface area (TPSA) is 108 Å². The van der Waals surface area contributed by atoms with Crippen LogP contribution >= 0.6 is 0 Å². The van der Waals surface area contributed by atoms with Crippen molar-refractivity contribution in [2.24, 2.45) is 5.92 Å². The number of nitrogens with one attached hydrogen (secondary N) is 2. The number of aryl methyl sites for hydroxylation is 1. The SMILES string of the molecule is CCc1nc(C(=O)NC(C)CCCC(C)C(=O)O)n[nH]1. The van der Waals surface area contributed by atoms with Crippen molar-refractivity contribution >= 4 is 11.9 Å². The van der Waals surface area contributed by atoms with Crippen molar-refractivity contribution in [3.63, 3.8) is 0 Å². The summed E-state index contributed by atoms with van der Waals surface area (Å²) in [6.45, 7) is 5.50. The maximum Gasteiger partial charge on any atom is 0.306 e. The van der Waals surface area contributed by atoms with E-state index >= 15 is 0 Å². The first kappa shape index (κ1) is 16.1. The summed E-state index contributed by atoms with van der Waals surface area (Å²) in [5, 5.41) is 18.1. The Balaban J connectivity index is 2.33. The van der Waals surface area contributed by atoms with E-state index in [0.717, 1.165) is 12.8 Å². The van der Waals surface area contributed by atoms with Gasteiger partial charge in [0.1, 0.15) is 5.82 Å². The van der Waals surface area contributed by atoms with Gasteiger partial charge in [0.05, 0.1) is 5.92 Å². The molecule has 0 bridgehead atoms. The zero-order valence-corrected chi connectivity index (χ0v) is 12.1. The van der Waals surface area contributed by atoms with E-state index in [4.69, 9.17) is 5.11 Å². The standard InChI is InChI=1S/C13H22N4O3/c1-4-10-15-11(17-16-10)12(18)14-9(3)7-5-6-8(2)13(19)20/h8-9H,4-7H2,1-3H3,(H,14,18)(H,19,20)(H,15,16,17). The number of aromatic amines is 1. The Bertz CT molecular complexity index is 458. The van der Waals surface area contributed by atoms with Gasteiger partial charge in [0.25, 0.3) is 5.91 Å². The fourth-order valence-electron chi connectivity index (χ4n) is 1.77. The van der Waals surface area contributed by atoms with Crippen LogP contribution in [0.15, 0.2) is 0 Å². The van der Waals surface area contributed by atoms with Gasteiger partial charge in [0.15, 0.2) is 0 Å². The van der Waals surface area contributed by atoms with Gasteiger partial charge in [-0.1, -0.05) is 20.3 Å². The molecule has 0 spiro atoms. The Morgan fingerprint density at radius 1 is 1.35 bits per heavy atom. The van der Waals surface area contributed by atoms with Crippen LogP contribution in [-0.2, 0) is 11.2 Å². The lowest BCUT2D eigenvalue weighted by molar-refractivity contribution is -0.141. The highest BCUT2D eigenvalue weighted by atomic mass is 16.4. The van der Waals surface area contributed by atoms with Crippen LogP contribution in [-0.4, -0.2) is 38.2 Å². The van der Waals surface area contributed by atoms with E-state index in [1.807, 2.05) is 13.8 Å². The Hall–Kier alpha value is -1.92. The number of rotatable bonds is 8. The molecule has 7 heteroatoms. The molecule has 1 amide bonds. The molecule has 1 aromatic rings. The summed E-state index contributed by atoms with van der Waals surface area (Å²) in [5.41, 5.74) is 0. The molecule has 0 saturated carbocycles. The number of hydrogen-bond donors (Lipinski definition) is 3. The third kappa shape index (κ3) is 4.99. The summed E-state index contributed by atoms with van der Waals surface area (Å²) >= 11 is 0. The number of aliphatic carboxylic acids is 1. The number of carboxylic acid groups (broad SMARTS) is 1. The van der Waals surface area contributed by atoms with E-state index in [0.29, 0.717) is 18.7 Å². The molecule has 0 aromatic carbocycles. The van der Waals surface area contributed by atoms with E-state index in [2.05, 4.69) is 20.5 Å². The Labute approximate surface area is 118 Å². The highest BCUT2D eigenvalue weighted by molar-refractivity contribution is 5.90. The average molecular weight is 282 g/mol. The maximum absolute atomic E-state index is 11.8. The smallest absolute Gasteiger partial charge is 0.306 e. The second kappa shape index (κ2) is 7.62. The van der Waals surface area contributed by atoms with Gasteiger partial charge < -0.3 is 10.4 Å². The van der Waals surface area contributed by atoms with Crippen molar-refractivity contribution in [2.45, 2.75) is 52.5 Å². The van der Waals surface area contributed by atoms with E-state index in [-0.39, 0.29) is 23.7 Å². The van der Waals surface area contributed by atoms with E-state index < -0.39 is 5.97 Å². The number of aromatic nitrogens is 3. The third-order valence-electron chi connectivity index (χ3n) is 3.14. The zero-order valence-electron chi connectivity index (χ0n) is 12.1. The second-order valence-electron chi connectivity index (χ2n) is 5.00. The van der Waals surface area contributed by atoms with Crippen molar-refractivity contribution in [1.82, 2.24) is 20.5 Å². The molecule has 112 valence electrons. The molecule has 1 heterocycles. The van der Waals surface area contributed by atoms with Crippen LogP contribution in [0.3, 0.4) is 0 Å². The number of carbonyl (C=O) groups excluding carboxylic acids is 1. The summed E-state index contributed by atoms with van der Waals surface area (Å²) in [5.74, 6) is -0.613. The predicted molar refractivity (Wildman–Crippen MR) is 73.3 cm³/mol. The molecule has 0 fully saturated rings. The lowest BCUT2D eigenvalue weighted by Crippen LogP contribution is -2.33. The van der Waals surface area contributed by atoms with Gasteiger partial charge in [-0.2, -0.15) is 0 Å². The van der Waals surface area contributed by atoms with Gasteiger partial charge in [-0.3, -0.25) is 14.7 Å². The van der Waals surface area contributed by atoms with Crippen molar-refractivity contribution in [2.75, 3.05) is 0 Å². The zero-order chi connectivity index (χ0) is 15.1. The molecule has 0 radical (unpaired) electrons. The van der Waals surface area contributed by atoms with E-state index in [1.54, 1.807) is 6.92 Å². The van der Waals surface area contributed by atoms with Crippen LogP contribution in [0.5, 0.6) is 0 Å². The van der Waals surface area contributed by atoms with Crippen LogP contribution in [0.2, 0.25) is 0 Å². The molecule has 1 aromatic heterocycles. The monoisotopic (exact) mass is 282 g/mol. The number of carbonyl (C=O) groups is 2. The minimum atomic E-state index is -0.783. The Morgan fingerprint density at radius 2 is 2.05 bits per heavy atom. The molecule has 0 saturated heterocycles. The van der Waals surface area contributed by atoms with Crippen LogP contribution < -0.4 is 5.32 Å². The number of hydrogen-bond acceptors (Lipinski definition) is 4. The molecule has 2 atom stereocenters. The lowest BCUT2D eigenvalue weighted by atomic mass is 10.0. The summed E-state index contributed by atoms with van der Waals surface area (Å²) in [6, 6.07) is -0.0351. The normalized spacial score (nSPS) is 13.8. The van der Waals surface area contributed by atoms with Gasteiger partial charge in [-0.15, -0.1) is 5.10 Å². The molecular formula is C13H22N4O3.